The van der Waals surface area contributed by atoms with Gasteiger partial charge in [-0.25, -0.2) is 0 Å². The molecule has 1 N–H and O–H groups in total. The van der Waals surface area contributed by atoms with Crippen LogP contribution in [0.3, 0.4) is 0 Å². The van der Waals surface area contributed by atoms with Crippen LogP contribution in [0.1, 0.15) is 13.3 Å². The Morgan fingerprint density at radius 3 is 3.00 bits per heavy atom. The lowest BCUT2D eigenvalue weighted by molar-refractivity contribution is 0.225. The summed E-state index contributed by atoms with van der Waals surface area (Å²) < 4.78 is 0. The summed E-state index contributed by atoms with van der Waals surface area (Å²) >= 11 is 0. The molecule has 0 aliphatic heterocycles. The highest BCUT2D eigenvalue weighted by Crippen LogP contribution is 2.15. The molecule has 11 heavy (non-hydrogen) atoms. The van der Waals surface area contributed by atoms with E-state index >= 15 is 0 Å². The fourth-order valence-corrected chi connectivity index (χ4v) is 1.17. The second-order valence-corrected chi connectivity index (χ2v) is 3.07. The summed E-state index contributed by atoms with van der Waals surface area (Å²) in [5.41, 5.74) is 3.05. The minimum Gasteiger partial charge on any atom is -0.396 e. The number of aliphatic hydroxyl groups excluding tert-OH is 1. The molecule has 0 aromatic rings. The smallest absolute Gasteiger partial charge is 0.0456 e. The maximum Gasteiger partial charge on any atom is 0.0456 e. The van der Waals surface area contributed by atoms with E-state index in [-0.39, 0.29) is 6.61 Å². The Kier molecular flexibility index (Phi) is 3.15. The van der Waals surface area contributed by atoms with E-state index in [0.29, 0.717) is 11.8 Å². The first-order chi connectivity index (χ1) is 5.33. The Balaban J connectivity index is 2.38. The number of aliphatic hydroxyl groups is 1. The van der Waals surface area contributed by atoms with Gasteiger partial charge in [0.15, 0.2) is 0 Å². The van der Waals surface area contributed by atoms with Crippen LogP contribution in [0.25, 0.3) is 0 Å². The molecule has 0 saturated heterocycles. The van der Waals surface area contributed by atoms with Gasteiger partial charge in [-0.3, -0.25) is 0 Å². The Labute approximate surface area is 67.7 Å². The monoisotopic (exact) mass is 150 g/mol. The standard InChI is InChI=1S/C10H14O/c1-9(8-11)7-10-5-3-2-4-6-10/h2-3,5-6,9-11H,7-8H2,1H3. The number of allylic oxidation sites excluding steroid dienone is 3. The van der Waals surface area contributed by atoms with E-state index in [9.17, 15) is 0 Å². The quantitative estimate of drug-likeness (QED) is 0.609. The van der Waals surface area contributed by atoms with Crippen LogP contribution >= 0.6 is 0 Å². The van der Waals surface area contributed by atoms with Crippen LogP contribution < -0.4 is 0 Å². The van der Waals surface area contributed by atoms with Gasteiger partial charge in [-0.2, -0.15) is 0 Å². The molecule has 1 aliphatic rings. The van der Waals surface area contributed by atoms with Crippen molar-refractivity contribution in [2.24, 2.45) is 11.8 Å². The van der Waals surface area contributed by atoms with Gasteiger partial charge in [0.1, 0.15) is 0 Å². The molecule has 0 saturated carbocycles. The van der Waals surface area contributed by atoms with Crippen LogP contribution in [0.4, 0.5) is 0 Å². The summed E-state index contributed by atoms with van der Waals surface area (Å²) in [5, 5.41) is 8.80. The van der Waals surface area contributed by atoms with Crippen molar-refractivity contribution in [3.05, 3.63) is 30.0 Å². The largest absolute Gasteiger partial charge is 0.396 e. The zero-order valence-electron chi connectivity index (χ0n) is 6.83. The molecule has 0 spiro atoms. The van der Waals surface area contributed by atoms with Gasteiger partial charge in [-0.05, 0) is 24.5 Å². The SMILES string of the molecule is CC(CO)CC1C=C=CC=C1. The number of hydrogen-bond donors (Lipinski definition) is 1. The second kappa shape index (κ2) is 4.17. The minimum atomic E-state index is 0.280. The van der Waals surface area contributed by atoms with Crippen molar-refractivity contribution in [3.8, 4) is 0 Å². The van der Waals surface area contributed by atoms with E-state index in [1.807, 2.05) is 18.2 Å². The summed E-state index contributed by atoms with van der Waals surface area (Å²) in [7, 11) is 0. The first-order valence-electron chi connectivity index (χ1n) is 4.03. The summed E-state index contributed by atoms with van der Waals surface area (Å²) in [5.74, 6) is 0.864. The normalized spacial score (nSPS) is 24.0. The summed E-state index contributed by atoms with van der Waals surface area (Å²) in [4.78, 5) is 0. The molecule has 0 heterocycles. The Hall–Kier alpha value is -0.780. The van der Waals surface area contributed by atoms with E-state index in [0.717, 1.165) is 6.42 Å². The van der Waals surface area contributed by atoms with Crippen molar-refractivity contribution in [1.82, 2.24) is 0 Å². The average molecular weight is 150 g/mol. The molecule has 2 unspecified atom stereocenters. The molecule has 0 radical (unpaired) electrons. The molecule has 60 valence electrons. The van der Waals surface area contributed by atoms with Crippen LogP contribution in [0, 0.1) is 11.8 Å². The van der Waals surface area contributed by atoms with Crippen molar-refractivity contribution in [2.75, 3.05) is 6.61 Å². The van der Waals surface area contributed by atoms with E-state index < -0.39 is 0 Å². The summed E-state index contributed by atoms with van der Waals surface area (Å²) in [6.07, 6.45) is 9.12. The van der Waals surface area contributed by atoms with Crippen molar-refractivity contribution in [1.29, 1.82) is 0 Å². The molecule has 1 rings (SSSR count). The van der Waals surface area contributed by atoms with E-state index in [4.69, 9.17) is 5.11 Å². The molecule has 1 heteroatoms. The molecule has 2 atom stereocenters. The van der Waals surface area contributed by atoms with Gasteiger partial charge in [0.05, 0.1) is 0 Å². The predicted octanol–water partition coefficient (Wildman–Crippen LogP) is 1.90. The van der Waals surface area contributed by atoms with Gasteiger partial charge in [-0.1, -0.05) is 19.1 Å². The van der Waals surface area contributed by atoms with Crippen LogP contribution in [0.5, 0.6) is 0 Å². The van der Waals surface area contributed by atoms with Crippen molar-refractivity contribution in [3.63, 3.8) is 0 Å². The topological polar surface area (TPSA) is 20.2 Å². The lowest BCUT2D eigenvalue weighted by Crippen LogP contribution is -2.06. The van der Waals surface area contributed by atoms with Gasteiger partial charge in [0.25, 0.3) is 0 Å². The summed E-state index contributed by atoms with van der Waals surface area (Å²) in [6.45, 7) is 2.34. The molecule has 1 aliphatic carbocycles. The van der Waals surface area contributed by atoms with E-state index in [2.05, 4.69) is 18.7 Å². The third-order valence-corrected chi connectivity index (χ3v) is 1.85. The highest BCUT2D eigenvalue weighted by atomic mass is 16.3. The maximum atomic E-state index is 8.80. The van der Waals surface area contributed by atoms with Crippen molar-refractivity contribution in [2.45, 2.75) is 13.3 Å². The molecule has 0 fully saturated rings. The summed E-state index contributed by atoms with van der Waals surface area (Å²) in [6, 6.07) is 0. The van der Waals surface area contributed by atoms with Gasteiger partial charge in [-0.15, -0.1) is 5.73 Å². The third kappa shape index (κ3) is 2.75. The van der Waals surface area contributed by atoms with Crippen molar-refractivity contribution >= 4 is 0 Å². The minimum absolute atomic E-state index is 0.280. The highest BCUT2D eigenvalue weighted by Gasteiger charge is 2.06. The zero-order valence-corrected chi connectivity index (χ0v) is 6.83. The number of hydrogen-bond acceptors (Lipinski definition) is 1. The average Bonchev–Trinajstić information content (AvgIpc) is 2.06. The van der Waals surface area contributed by atoms with Gasteiger partial charge < -0.3 is 5.11 Å². The first-order valence-corrected chi connectivity index (χ1v) is 4.03. The molecule has 0 aromatic heterocycles. The van der Waals surface area contributed by atoms with E-state index in [1.54, 1.807) is 0 Å². The maximum absolute atomic E-state index is 8.80. The number of rotatable bonds is 3. The van der Waals surface area contributed by atoms with Crippen molar-refractivity contribution < 1.29 is 5.11 Å². The van der Waals surface area contributed by atoms with Crippen LogP contribution in [-0.2, 0) is 0 Å². The van der Waals surface area contributed by atoms with Gasteiger partial charge >= 0.3 is 0 Å². The Morgan fingerprint density at radius 1 is 1.64 bits per heavy atom. The first kappa shape index (κ1) is 8.32. The molecular formula is C10H14O. The zero-order chi connectivity index (χ0) is 8.10. The Morgan fingerprint density at radius 2 is 2.45 bits per heavy atom. The Bertz CT molecular complexity index is 197. The molecule has 1 nitrogen and oxygen atoms in total. The molecular weight excluding hydrogens is 136 g/mol. The fourth-order valence-electron chi connectivity index (χ4n) is 1.17. The highest BCUT2D eigenvalue weighted by molar-refractivity contribution is 5.14. The van der Waals surface area contributed by atoms with Crippen LogP contribution in [0.15, 0.2) is 30.0 Å². The molecule has 0 amide bonds. The van der Waals surface area contributed by atoms with Gasteiger partial charge in [0, 0.05) is 12.5 Å². The molecule has 0 bridgehead atoms. The second-order valence-electron chi connectivity index (χ2n) is 3.07. The van der Waals surface area contributed by atoms with Gasteiger partial charge in [0.2, 0.25) is 0 Å². The fraction of sp³-hybridized carbons (Fsp3) is 0.500. The lowest BCUT2D eigenvalue weighted by Gasteiger charge is -2.12. The lowest BCUT2D eigenvalue weighted by atomic mass is 9.94. The van der Waals surface area contributed by atoms with E-state index in [1.165, 1.54) is 0 Å². The molecule has 0 aromatic carbocycles. The van der Waals surface area contributed by atoms with Crippen LogP contribution in [0.2, 0.25) is 0 Å². The van der Waals surface area contributed by atoms with Crippen LogP contribution in [-0.4, -0.2) is 11.7 Å². The predicted molar refractivity (Wildman–Crippen MR) is 46.1 cm³/mol. The third-order valence-electron chi connectivity index (χ3n) is 1.85.